The van der Waals surface area contributed by atoms with E-state index in [0.717, 1.165) is 30.5 Å². The SMILES string of the molecule is CCCCCCCCNC(=O)CC[N+](C)(C)Cc1ccccc1. The van der Waals surface area contributed by atoms with Crippen molar-refractivity contribution < 1.29 is 9.28 Å². The molecule has 0 aliphatic carbocycles. The summed E-state index contributed by atoms with van der Waals surface area (Å²) in [5.74, 6) is 0.192. The zero-order chi connectivity index (χ0) is 17.0. The standard InChI is InChI=1S/C20H34N2O/c1-4-5-6-7-8-12-16-21-20(23)15-17-22(2,3)18-19-13-10-9-11-14-19/h9-11,13-14H,4-8,12,15-18H2,1-3H3/p+1. The number of unbranched alkanes of at least 4 members (excludes halogenated alkanes) is 5. The lowest BCUT2D eigenvalue weighted by atomic mass is 10.1. The largest absolute Gasteiger partial charge is 0.356 e. The Bertz CT molecular complexity index is 429. The molecule has 0 unspecified atom stereocenters. The fourth-order valence-corrected chi connectivity index (χ4v) is 2.78. The fraction of sp³-hybridized carbons (Fsp3) is 0.650. The second kappa shape index (κ2) is 11.2. The van der Waals surface area contributed by atoms with Crippen molar-refractivity contribution in [3.05, 3.63) is 35.9 Å². The van der Waals surface area contributed by atoms with Gasteiger partial charge in [-0.1, -0.05) is 69.4 Å². The number of rotatable bonds is 12. The van der Waals surface area contributed by atoms with Gasteiger partial charge >= 0.3 is 0 Å². The Hall–Kier alpha value is -1.35. The number of carbonyl (C=O) groups excluding carboxylic acids is 1. The van der Waals surface area contributed by atoms with Crippen LogP contribution in [-0.4, -0.2) is 37.6 Å². The van der Waals surface area contributed by atoms with Crippen molar-refractivity contribution in [1.82, 2.24) is 5.32 Å². The maximum Gasteiger partial charge on any atom is 0.225 e. The summed E-state index contributed by atoms with van der Waals surface area (Å²) >= 11 is 0. The van der Waals surface area contributed by atoms with Crippen molar-refractivity contribution in [3.8, 4) is 0 Å². The number of carbonyl (C=O) groups is 1. The predicted molar refractivity (Wildman–Crippen MR) is 98.1 cm³/mol. The molecule has 1 rings (SSSR count). The van der Waals surface area contributed by atoms with Crippen molar-refractivity contribution in [2.45, 2.75) is 58.4 Å². The van der Waals surface area contributed by atoms with Crippen LogP contribution in [0, 0.1) is 0 Å². The Morgan fingerprint density at radius 1 is 1.00 bits per heavy atom. The molecule has 3 heteroatoms. The molecule has 0 saturated heterocycles. The van der Waals surface area contributed by atoms with Gasteiger partial charge in [0.2, 0.25) is 5.91 Å². The van der Waals surface area contributed by atoms with Gasteiger partial charge in [0.1, 0.15) is 6.54 Å². The lowest BCUT2D eigenvalue weighted by molar-refractivity contribution is -0.903. The molecule has 23 heavy (non-hydrogen) atoms. The van der Waals surface area contributed by atoms with Gasteiger partial charge in [0.05, 0.1) is 27.1 Å². The molecule has 0 aromatic heterocycles. The molecule has 130 valence electrons. The second-order valence-corrected chi connectivity index (χ2v) is 7.17. The second-order valence-electron chi connectivity index (χ2n) is 7.17. The highest BCUT2D eigenvalue weighted by Gasteiger charge is 2.17. The molecule has 1 N–H and O–H groups in total. The summed E-state index contributed by atoms with van der Waals surface area (Å²) in [6.07, 6.45) is 8.19. The van der Waals surface area contributed by atoms with Gasteiger partial charge in [0.25, 0.3) is 0 Å². The summed E-state index contributed by atoms with van der Waals surface area (Å²) in [6, 6.07) is 10.5. The van der Waals surface area contributed by atoms with Crippen LogP contribution in [0.5, 0.6) is 0 Å². The summed E-state index contributed by atoms with van der Waals surface area (Å²) < 4.78 is 0.842. The van der Waals surface area contributed by atoms with E-state index in [1.807, 2.05) is 6.07 Å². The van der Waals surface area contributed by atoms with E-state index in [1.165, 1.54) is 37.7 Å². The molecule has 3 nitrogen and oxygen atoms in total. The van der Waals surface area contributed by atoms with E-state index < -0.39 is 0 Å². The number of hydrogen-bond donors (Lipinski definition) is 1. The normalized spacial score (nSPS) is 11.4. The van der Waals surface area contributed by atoms with Gasteiger partial charge in [-0.05, 0) is 6.42 Å². The van der Waals surface area contributed by atoms with Crippen LogP contribution in [0.25, 0.3) is 0 Å². The quantitative estimate of drug-likeness (QED) is 0.455. The van der Waals surface area contributed by atoms with Crippen molar-refractivity contribution in [2.24, 2.45) is 0 Å². The molecule has 0 radical (unpaired) electrons. The van der Waals surface area contributed by atoms with Crippen LogP contribution < -0.4 is 5.32 Å². The zero-order valence-electron chi connectivity index (χ0n) is 15.3. The first-order chi connectivity index (χ1) is 11.0. The minimum Gasteiger partial charge on any atom is -0.356 e. The maximum atomic E-state index is 12.0. The molecule has 0 atom stereocenters. The predicted octanol–water partition coefficient (Wildman–Crippen LogP) is 4.13. The summed E-state index contributed by atoms with van der Waals surface area (Å²) in [4.78, 5) is 12.0. The molecule has 1 aromatic carbocycles. The summed E-state index contributed by atoms with van der Waals surface area (Å²) in [5.41, 5.74) is 1.32. The van der Waals surface area contributed by atoms with Crippen molar-refractivity contribution in [1.29, 1.82) is 0 Å². The van der Waals surface area contributed by atoms with Crippen LogP contribution in [0.1, 0.15) is 57.4 Å². The van der Waals surface area contributed by atoms with Gasteiger partial charge < -0.3 is 9.80 Å². The lowest BCUT2D eigenvalue weighted by Gasteiger charge is -2.29. The third-order valence-corrected chi connectivity index (χ3v) is 4.25. The van der Waals surface area contributed by atoms with Gasteiger partial charge in [-0.2, -0.15) is 0 Å². The van der Waals surface area contributed by atoms with E-state index in [0.29, 0.717) is 6.42 Å². The van der Waals surface area contributed by atoms with E-state index in [4.69, 9.17) is 0 Å². The number of nitrogens with one attached hydrogen (secondary N) is 1. The molecule has 0 heterocycles. The molecule has 0 bridgehead atoms. The average Bonchev–Trinajstić information content (AvgIpc) is 2.53. The first-order valence-corrected chi connectivity index (χ1v) is 9.16. The third kappa shape index (κ3) is 10.1. The first kappa shape index (κ1) is 19.7. The third-order valence-electron chi connectivity index (χ3n) is 4.25. The van der Waals surface area contributed by atoms with Gasteiger partial charge in [0, 0.05) is 12.1 Å². The highest BCUT2D eigenvalue weighted by molar-refractivity contribution is 5.75. The first-order valence-electron chi connectivity index (χ1n) is 9.16. The van der Waals surface area contributed by atoms with Crippen LogP contribution in [0.4, 0.5) is 0 Å². The molecule has 0 aliphatic heterocycles. The number of amides is 1. The van der Waals surface area contributed by atoms with Crippen LogP contribution in [-0.2, 0) is 11.3 Å². The van der Waals surface area contributed by atoms with Gasteiger partial charge in [-0.3, -0.25) is 4.79 Å². The number of benzene rings is 1. The lowest BCUT2D eigenvalue weighted by Crippen LogP contribution is -2.41. The molecule has 0 spiro atoms. The summed E-state index contributed by atoms with van der Waals surface area (Å²) in [7, 11) is 4.38. The molecule has 1 aromatic rings. The van der Waals surface area contributed by atoms with Crippen molar-refractivity contribution >= 4 is 5.91 Å². The molecular weight excluding hydrogens is 284 g/mol. The number of hydrogen-bond acceptors (Lipinski definition) is 1. The van der Waals surface area contributed by atoms with Crippen LogP contribution in [0.2, 0.25) is 0 Å². The average molecular weight is 320 g/mol. The zero-order valence-corrected chi connectivity index (χ0v) is 15.3. The molecular formula is C20H35N2O+. The van der Waals surface area contributed by atoms with Crippen molar-refractivity contribution in [2.75, 3.05) is 27.2 Å². The van der Waals surface area contributed by atoms with Crippen molar-refractivity contribution in [3.63, 3.8) is 0 Å². The molecule has 0 fully saturated rings. The number of quaternary nitrogens is 1. The Morgan fingerprint density at radius 3 is 2.35 bits per heavy atom. The Balaban J connectivity index is 2.12. The monoisotopic (exact) mass is 319 g/mol. The van der Waals surface area contributed by atoms with Crippen LogP contribution in [0.15, 0.2) is 30.3 Å². The summed E-state index contributed by atoms with van der Waals surface area (Å²) in [6.45, 7) is 4.90. The Morgan fingerprint density at radius 2 is 1.65 bits per heavy atom. The molecule has 1 amide bonds. The van der Waals surface area contributed by atoms with E-state index >= 15 is 0 Å². The minimum absolute atomic E-state index is 0.192. The van der Waals surface area contributed by atoms with E-state index in [9.17, 15) is 4.79 Å². The maximum absolute atomic E-state index is 12.0. The molecule has 0 saturated carbocycles. The van der Waals surface area contributed by atoms with Crippen LogP contribution >= 0.6 is 0 Å². The highest BCUT2D eigenvalue weighted by atomic mass is 16.1. The Labute approximate surface area is 142 Å². The topological polar surface area (TPSA) is 29.1 Å². The number of nitrogens with zero attached hydrogens (tertiary/aromatic N) is 1. The van der Waals surface area contributed by atoms with E-state index in [1.54, 1.807) is 0 Å². The fourth-order valence-electron chi connectivity index (χ4n) is 2.78. The molecule has 0 aliphatic rings. The van der Waals surface area contributed by atoms with E-state index in [2.05, 4.69) is 50.6 Å². The summed E-state index contributed by atoms with van der Waals surface area (Å²) in [5, 5.41) is 3.06. The highest BCUT2D eigenvalue weighted by Crippen LogP contribution is 2.10. The Kier molecular flexibility index (Phi) is 9.61. The minimum atomic E-state index is 0.192. The van der Waals surface area contributed by atoms with E-state index in [-0.39, 0.29) is 5.91 Å². The van der Waals surface area contributed by atoms with Gasteiger partial charge in [-0.25, -0.2) is 0 Å². The smallest absolute Gasteiger partial charge is 0.225 e. The van der Waals surface area contributed by atoms with Crippen LogP contribution in [0.3, 0.4) is 0 Å². The van der Waals surface area contributed by atoms with Gasteiger partial charge in [-0.15, -0.1) is 0 Å². The van der Waals surface area contributed by atoms with Gasteiger partial charge in [0.15, 0.2) is 0 Å².